The molecule has 0 bridgehead atoms. The second-order valence-electron chi connectivity index (χ2n) is 7.93. The van der Waals surface area contributed by atoms with E-state index < -0.39 is 17.9 Å². The summed E-state index contributed by atoms with van der Waals surface area (Å²) >= 11 is 1.25. The minimum atomic E-state index is -0.753. The predicted octanol–water partition coefficient (Wildman–Crippen LogP) is 4.72. The molecule has 35 heavy (non-hydrogen) atoms. The van der Waals surface area contributed by atoms with E-state index in [1.807, 2.05) is 6.07 Å². The van der Waals surface area contributed by atoms with Crippen molar-refractivity contribution in [2.45, 2.75) is 13.0 Å². The van der Waals surface area contributed by atoms with Gasteiger partial charge in [0.2, 0.25) is 5.76 Å². The van der Waals surface area contributed by atoms with E-state index in [1.165, 1.54) is 16.2 Å². The third-order valence-corrected chi connectivity index (χ3v) is 6.89. The number of thiazole rings is 1. The summed E-state index contributed by atoms with van der Waals surface area (Å²) in [4.78, 5) is 49.7. The van der Waals surface area contributed by atoms with E-state index in [-0.39, 0.29) is 23.4 Å². The Labute approximate surface area is 202 Å². The van der Waals surface area contributed by atoms with Gasteiger partial charge in [-0.3, -0.25) is 19.5 Å². The SMILES string of the molecule is CCOC(=O)c1ccc2nc(N3C(=O)c4oc5ccccc5c(=O)c4C3c3cccnc3)sc2c1. The smallest absolute Gasteiger partial charge is 0.338 e. The number of benzene rings is 2. The molecule has 6 rings (SSSR count). The van der Waals surface area contributed by atoms with E-state index in [0.29, 0.717) is 37.4 Å². The van der Waals surface area contributed by atoms with Gasteiger partial charge in [0.25, 0.3) is 5.91 Å². The van der Waals surface area contributed by atoms with Crippen LogP contribution in [0.1, 0.15) is 45.0 Å². The van der Waals surface area contributed by atoms with Gasteiger partial charge in [-0.15, -0.1) is 0 Å². The number of fused-ring (bicyclic) bond motifs is 3. The number of pyridine rings is 1. The Balaban J connectivity index is 1.55. The van der Waals surface area contributed by atoms with E-state index in [0.717, 1.165) is 0 Å². The number of anilines is 1. The highest BCUT2D eigenvalue weighted by Crippen LogP contribution is 2.43. The number of amides is 1. The van der Waals surface area contributed by atoms with Crippen LogP contribution in [0.4, 0.5) is 5.13 Å². The summed E-state index contributed by atoms with van der Waals surface area (Å²) in [6.45, 7) is 2.02. The van der Waals surface area contributed by atoms with Gasteiger partial charge in [-0.1, -0.05) is 29.5 Å². The van der Waals surface area contributed by atoms with Crippen molar-refractivity contribution in [3.63, 3.8) is 0 Å². The van der Waals surface area contributed by atoms with Crippen molar-refractivity contribution >= 4 is 49.5 Å². The molecule has 1 aliphatic heterocycles. The van der Waals surface area contributed by atoms with Crippen molar-refractivity contribution < 1.29 is 18.7 Å². The average molecular weight is 484 g/mol. The Morgan fingerprint density at radius 2 is 2.00 bits per heavy atom. The van der Waals surface area contributed by atoms with Gasteiger partial charge in [0.1, 0.15) is 5.58 Å². The topological polar surface area (TPSA) is 103 Å². The fourth-order valence-corrected chi connectivity index (χ4v) is 5.36. The summed E-state index contributed by atoms with van der Waals surface area (Å²) in [6.07, 6.45) is 3.25. The van der Waals surface area contributed by atoms with Crippen LogP contribution in [0.15, 0.2) is 76.2 Å². The van der Waals surface area contributed by atoms with Crippen molar-refractivity contribution in [1.29, 1.82) is 0 Å². The number of esters is 1. The molecular weight excluding hydrogens is 466 g/mol. The first-order valence-corrected chi connectivity index (χ1v) is 11.8. The van der Waals surface area contributed by atoms with E-state index in [4.69, 9.17) is 9.15 Å². The van der Waals surface area contributed by atoms with Crippen LogP contribution in [-0.4, -0.2) is 28.5 Å². The number of nitrogens with zero attached hydrogens (tertiary/aromatic N) is 3. The van der Waals surface area contributed by atoms with Crippen LogP contribution in [0.25, 0.3) is 21.2 Å². The van der Waals surface area contributed by atoms with Gasteiger partial charge < -0.3 is 9.15 Å². The van der Waals surface area contributed by atoms with E-state index in [1.54, 1.807) is 67.8 Å². The van der Waals surface area contributed by atoms with Crippen LogP contribution in [0.2, 0.25) is 0 Å². The molecule has 1 amide bonds. The van der Waals surface area contributed by atoms with Gasteiger partial charge in [0.05, 0.1) is 39.4 Å². The number of hydrogen-bond donors (Lipinski definition) is 0. The van der Waals surface area contributed by atoms with Gasteiger partial charge in [-0.2, -0.15) is 0 Å². The maximum Gasteiger partial charge on any atom is 0.338 e. The molecule has 1 unspecified atom stereocenters. The quantitative estimate of drug-likeness (QED) is 0.341. The molecule has 0 spiro atoms. The molecule has 0 saturated carbocycles. The number of aromatic nitrogens is 2. The highest BCUT2D eigenvalue weighted by Gasteiger charge is 2.45. The first-order valence-electron chi connectivity index (χ1n) is 10.9. The lowest BCUT2D eigenvalue weighted by Crippen LogP contribution is -2.29. The molecule has 1 atom stereocenters. The van der Waals surface area contributed by atoms with Crippen molar-refractivity contribution in [3.8, 4) is 0 Å². The Kier molecular flexibility index (Phi) is 4.93. The van der Waals surface area contributed by atoms with Gasteiger partial charge in [0, 0.05) is 12.4 Å². The van der Waals surface area contributed by atoms with E-state index in [9.17, 15) is 14.4 Å². The molecule has 8 nitrogen and oxygen atoms in total. The standard InChI is InChI=1S/C26H17N3O5S/c1-2-33-25(32)14-9-10-17-19(12-14)35-26(28-17)29-21(15-6-5-11-27-13-15)20-22(30)16-7-3-4-8-18(16)34-23(20)24(29)31/h3-13,21H,2H2,1H3. The second kappa shape index (κ2) is 8.14. The van der Waals surface area contributed by atoms with Gasteiger partial charge in [-0.05, 0) is 48.9 Å². The van der Waals surface area contributed by atoms with Crippen LogP contribution < -0.4 is 10.3 Å². The predicted molar refractivity (Wildman–Crippen MR) is 131 cm³/mol. The molecule has 0 aliphatic carbocycles. The zero-order chi connectivity index (χ0) is 24.1. The maximum absolute atomic E-state index is 13.7. The number of para-hydroxylation sites is 1. The van der Waals surface area contributed by atoms with Crippen molar-refractivity contribution in [1.82, 2.24) is 9.97 Å². The number of rotatable bonds is 4. The molecule has 0 saturated heterocycles. The normalized spacial score (nSPS) is 15.1. The average Bonchev–Trinajstić information content (AvgIpc) is 3.43. The molecule has 9 heteroatoms. The summed E-state index contributed by atoms with van der Waals surface area (Å²) in [6, 6.07) is 14.7. The number of carbonyl (C=O) groups excluding carboxylic acids is 2. The van der Waals surface area contributed by atoms with Gasteiger partial charge in [0.15, 0.2) is 10.6 Å². The second-order valence-corrected chi connectivity index (χ2v) is 8.94. The largest absolute Gasteiger partial charge is 0.462 e. The molecule has 0 fully saturated rings. The van der Waals surface area contributed by atoms with E-state index in [2.05, 4.69) is 9.97 Å². The molecule has 3 aromatic heterocycles. The van der Waals surface area contributed by atoms with E-state index >= 15 is 0 Å². The molecule has 2 aromatic carbocycles. The Bertz CT molecular complexity index is 1690. The molecular formula is C26H17N3O5S. The summed E-state index contributed by atoms with van der Waals surface area (Å²) in [5.74, 6) is -0.890. The maximum atomic E-state index is 13.7. The number of ether oxygens (including phenoxy) is 1. The van der Waals surface area contributed by atoms with Gasteiger partial charge in [-0.25, -0.2) is 9.78 Å². The molecule has 172 valence electrons. The van der Waals surface area contributed by atoms with Crippen LogP contribution in [-0.2, 0) is 4.74 Å². The lowest BCUT2D eigenvalue weighted by molar-refractivity contribution is 0.0526. The van der Waals surface area contributed by atoms with Crippen molar-refractivity contribution in [3.05, 3.63) is 99.7 Å². The van der Waals surface area contributed by atoms with Crippen LogP contribution in [0.3, 0.4) is 0 Å². The number of hydrogen-bond acceptors (Lipinski definition) is 8. The van der Waals surface area contributed by atoms with Crippen LogP contribution in [0, 0.1) is 0 Å². The third-order valence-electron chi connectivity index (χ3n) is 5.87. The molecule has 0 radical (unpaired) electrons. The first kappa shape index (κ1) is 21.2. The molecule has 5 aromatic rings. The summed E-state index contributed by atoms with van der Waals surface area (Å²) < 4.78 is 11.8. The zero-order valence-electron chi connectivity index (χ0n) is 18.4. The van der Waals surface area contributed by atoms with Gasteiger partial charge >= 0.3 is 5.97 Å². The fourth-order valence-electron chi connectivity index (χ4n) is 4.33. The summed E-state index contributed by atoms with van der Waals surface area (Å²) in [7, 11) is 0. The van der Waals surface area contributed by atoms with Crippen LogP contribution in [0.5, 0.6) is 0 Å². The van der Waals surface area contributed by atoms with Crippen molar-refractivity contribution in [2.75, 3.05) is 11.5 Å². The lowest BCUT2D eigenvalue weighted by atomic mass is 10.0. The first-order chi connectivity index (χ1) is 17.1. The Hall–Kier alpha value is -4.37. The Morgan fingerprint density at radius 3 is 2.80 bits per heavy atom. The molecule has 1 aliphatic rings. The number of carbonyl (C=O) groups is 2. The Morgan fingerprint density at radius 1 is 1.14 bits per heavy atom. The minimum Gasteiger partial charge on any atom is -0.462 e. The highest BCUT2D eigenvalue weighted by atomic mass is 32.1. The lowest BCUT2D eigenvalue weighted by Gasteiger charge is -2.22. The highest BCUT2D eigenvalue weighted by molar-refractivity contribution is 7.22. The zero-order valence-corrected chi connectivity index (χ0v) is 19.2. The monoisotopic (exact) mass is 483 g/mol. The third kappa shape index (κ3) is 3.31. The molecule has 4 heterocycles. The fraction of sp³-hybridized carbons (Fsp3) is 0.115. The summed E-state index contributed by atoms with van der Waals surface area (Å²) in [5.41, 5.74) is 2.02. The molecule has 0 N–H and O–H groups in total. The van der Waals surface area contributed by atoms with Crippen molar-refractivity contribution in [2.24, 2.45) is 0 Å². The minimum absolute atomic E-state index is 0.00554. The van der Waals surface area contributed by atoms with Crippen LogP contribution >= 0.6 is 11.3 Å². The summed E-state index contributed by atoms with van der Waals surface area (Å²) in [5, 5.41) is 0.785.